The molecular weight excluding hydrogens is 388 g/mol. The number of ether oxygens (including phenoxy) is 2. The maximum absolute atomic E-state index is 11.6. The van der Waals surface area contributed by atoms with Gasteiger partial charge >= 0.3 is 11.9 Å². The third kappa shape index (κ3) is 21.9. The molecule has 0 aromatic heterocycles. The average molecular weight is 441 g/mol. The summed E-state index contributed by atoms with van der Waals surface area (Å²) in [7, 11) is 0. The lowest BCUT2D eigenvalue weighted by Crippen LogP contribution is -2.08. The first-order valence-electron chi connectivity index (χ1n) is 13.4. The lowest BCUT2D eigenvalue weighted by atomic mass is 9.93. The largest absolute Gasteiger partial charge is 0.466 e. The average Bonchev–Trinajstić information content (AvgIpc) is 2.78. The maximum atomic E-state index is 11.6. The molecular formula is C27H52O4. The zero-order chi connectivity index (χ0) is 23.0. The Morgan fingerprint density at radius 1 is 0.548 bits per heavy atom. The van der Waals surface area contributed by atoms with E-state index in [2.05, 4.69) is 6.92 Å². The van der Waals surface area contributed by atoms with Gasteiger partial charge in [0.25, 0.3) is 0 Å². The van der Waals surface area contributed by atoms with E-state index in [1.165, 1.54) is 77.0 Å². The molecule has 0 aliphatic carbocycles. The van der Waals surface area contributed by atoms with E-state index in [-0.39, 0.29) is 11.9 Å². The highest BCUT2D eigenvalue weighted by Gasteiger charge is 2.10. The van der Waals surface area contributed by atoms with E-state index in [1.54, 1.807) is 0 Å². The highest BCUT2D eigenvalue weighted by atomic mass is 16.5. The first-order valence-corrected chi connectivity index (χ1v) is 13.4. The molecule has 31 heavy (non-hydrogen) atoms. The first-order chi connectivity index (χ1) is 15.1. The summed E-state index contributed by atoms with van der Waals surface area (Å²) in [6.07, 6.45) is 21.8. The van der Waals surface area contributed by atoms with Crippen molar-refractivity contribution in [1.29, 1.82) is 0 Å². The standard InChI is InChI=1S/C27H52O4/c1-4-23-30-26(28)20-18-16-14-12-10-8-7-9-11-13-15-17-19-25(6-3)21-22-27(29)31-24-5-2/h25H,4-24H2,1-3H3. The Bertz CT molecular complexity index is 408. The van der Waals surface area contributed by atoms with Crippen LogP contribution in [-0.4, -0.2) is 25.2 Å². The molecule has 0 amide bonds. The SMILES string of the molecule is CCCOC(=O)CCCCCCCCCCCCCCC(CC)CCC(=O)OCCC. The van der Waals surface area contributed by atoms with Crippen LogP contribution >= 0.6 is 0 Å². The number of rotatable bonds is 23. The van der Waals surface area contributed by atoms with Crippen molar-refractivity contribution >= 4 is 11.9 Å². The number of unbranched alkanes of at least 4 members (excludes halogenated alkanes) is 11. The van der Waals surface area contributed by atoms with Gasteiger partial charge in [-0.3, -0.25) is 9.59 Å². The van der Waals surface area contributed by atoms with E-state index in [9.17, 15) is 9.59 Å². The van der Waals surface area contributed by atoms with Crippen LogP contribution in [0.5, 0.6) is 0 Å². The molecule has 184 valence electrons. The maximum Gasteiger partial charge on any atom is 0.305 e. The minimum absolute atomic E-state index is 0.0209. The van der Waals surface area contributed by atoms with E-state index in [4.69, 9.17) is 9.47 Å². The first kappa shape index (κ1) is 29.9. The van der Waals surface area contributed by atoms with E-state index in [1.807, 2.05) is 13.8 Å². The van der Waals surface area contributed by atoms with Crippen LogP contribution in [0.4, 0.5) is 0 Å². The number of carbonyl (C=O) groups is 2. The Morgan fingerprint density at radius 3 is 1.42 bits per heavy atom. The molecule has 0 rings (SSSR count). The summed E-state index contributed by atoms with van der Waals surface area (Å²) in [6.45, 7) is 7.42. The van der Waals surface area contributed by atoms with Crippen LogP contribution in [0.1, 0.15) is 143 Å². The molecule has 0 saturated heterocycles. The van der Waals surface area contributed by atoms with Gasteiger partial charge in [-0.15, -0.1) is 0 Å². The highest BCUT2D eigenvalue weighted by molar-refractivity contribution is 5.69. The molecule has 0 aromatic carbocycles. The second-order valence-corrected chi connectivity index (χ2v) is 9.04. The van der Waals surface area contributed by atoms with Crippen LogP contribution in [-0.2, 0) is 19.1 Å². The smallest absolute Gasteiger partial charge is 0.305 e. The Kier molecular flexibility index (Phi) is 22.8. The van der Waals surface area contributed by atoms with E-state index < -0.39 is 0 Å². The fourth-order valence-corrected chi connectivity index (χ4v) is 3.92. The second-order valence-electron chi connectivity index (χ2n) is 9.04. The Morgan fingerprint density at radius 2 is 0.968 bits per heavy atom. The Balaban J connectivity index is 3.34. The molecule has 0 fully saturated rings. The normalized spacial score (nSPS) is 12.0. The topological polar surface area (TPSA) is 52.6 Å². The van der Waals surface area contributed by atoms with Crippen LogP contribution in [0.15, 0.2) is 0 Å². The molecule has 0 aliphatic heterocycles. The second kappa shape index (κ2) is 23.6. The van der Waals surface area contributed by atoms with Crippen molar-refractivity contribution in [2.75, 3.05) is 13.2 Å². The van der Waals surface area contributed by atoms with E-state index in [0.717, 1.165) is 32.1 Å². The van der Waals surface area contributed by atoms with Crippen molar-refractivity contribution in [1.82, 2.24) is 0 Å². The predicted octanol–water partition coefficient (Wildman–Crippen LogP) is 8.16. The van der Waals surface area contributed by atoms with Gasteiger partial charge in [0.15, 0.2) is 0 Å². The van der Waals surface area contributed by atoms with Gasteiger partial charge in [-0.1, -0.05) is 104 Å². The molecule has 0 aliphatic rings. The van der Waals surface area contributed by atoms with E-state index in [0.29, 0.717) is 32.0 Å². The highest BCUT2D eigenvalue weighted by Crippen LogP contribution is 2.20. The summed E-state index contributed by atoms with van der Waals surface area (Å²) >= 11 is 0. The van der Waals surface area contributed by atoms with Gasteiger partial charge < -0.3 is 9.47 Å². The van der Waals surface area contributed by atoms with Crippen LogP contribution in [0.25, 0.3) is 0 Å². The molecule has 4 heteroatoms. The van der Waals surface area contributed by atoms with Gasteiger partial charge in [0.2, 0.25) is 0 Å². The monoisotopic (exact) mass is 440 g/mol. The molecule has 0 aromatic rings. The van der Waals surface area contributed by atoms with Gasteiger partial charge in [0, 0.05) is 12.8 Å². The zero-order valence-electron chi connectivity index (χ0n) is 21.1. The van der Waals surface area contributed by atoms with Crippen LogP contribution < -0.4 is 0 Å². The van der Waals surface area contributed by atoms with Gasteiger partial charge in [0.1, 0.15) is 0 Å². The van der Waals surface area contributed by atoms with Crippen LogP contribution in [0.3, 0.4) is 0 Å². The minimum Gasteiger partial charge on any atom is -0.466 e. The Hall–Kier alpha value is -1.06. The summed E-state index contributed by atoms with van der Waals surface area (Å²) in [5.41, 5.74) is 0. The number of carbonyl (C=O) groups excluding carboxylic acids is 2. The number of hydrogen-bond acceptors (Lipinski definition) is 4. The van der Waals surface area contributed by atoms with Crippen molar-refractivity contribution in [2.24, 2.45) is 5.92 Å². The Labute approximate surface area is 193 Å². The van der Waals surface area contributed by atoms with Crippen molar-refractivity contribution < 1.29 is 19.1 Å². The van der Waals surface area contributed by atoms with Crippen LogP contribution in [0, 0.1) is 5.92 Å². The quantitative estimate of drug-likeness (QED) is 0.119. The van der Waals surface area contributed by atoms with Crippen molar-refractivity contribution in [3.63, 3.8) is 0 Å². The summed E-state index contributed by atoms with van der Waals surface area (Å²) in [5.74, 6) is 0.628. The molecule has 0 spiro atoms. The molecule has 1 unspecified atom stereocenters. The third-order valence-electron chi connectivity index (χ3n) is 6.01. The van der Waals surface area contributed by atoms with Crippen molar-refractivity contribution in [2.45, 2.75) is 143 Å². The van der Waals surface area contributed by atoms with Crippen molar-refractivity contribution in [3.05, 3.63) is 0 Å². The molecule has 0 saturated carbocycles. The van der Waals surface area contributed by atoms with Gasteiger partial charge in [-0.25, -0.2) is 0 Å². The summed E-state index contributed by atoms with van der Waals surface area (Å²) in [4.78, 5) is 23.0. The predicted molar refractivity (Wildman–Crippen MR) is 130 cm³/mol. The lowest BCUT2D eigenvalue weighted by molar-refractivity contribution is -0.144. The van der Waals surface area contributed by atoms with Gasteiger partial charge in [-0.2, -0.15) is 0 Å². The molecule has 0 heterocycles. The summed E-state index contributed by atoms with van der Waals surface area (Å²) in [5, 5.41) is 0. The van der Waals surface area contributed by atoms with Gasteiger partial charge in [-0.05, 0) is 31.6 Å². The van der Waals surface area contributed by atoms with Crippen molar-refractivity contribution in [3.8, 4) is 0 Å². The third-order valence-corrected chi connectivity index (χ3v) is 6.01. The van der Waals surface area contributed by atoms with Crippen LogP contribution in [0.2, 0.25) is 0 Å². The molecule has 1 atom stereocenters. The van der Waals surface area contributed by atoms with Gasteiger partial charge in [0.05, 0.1) is 13.2 Å². The molecule has 0 bridgehead atoms. The fraction of sp³-hybridized carbons (Fsp3) is 0.926. The summed E-state index contributed by atoms with van der Waals surface area (Å²) < 4.78 is 10.3. The van der Waals surface area contributed by atoms with E-state index >= 15 is 0 Å². The molecule has 4 nitrogen and oxygen atoms in total. The summed E-state index contributed by atoms with van der Waals surface area (Å²) in [6, 6.07) is 0. The number of hydrogen-bond donors (Lipinski definition) is 0. The molecule has 0 radical (unpaired) electrons. The molecule has 0 N–H and O–H groups in total. The zero-order valence-corrected chi connectivity index (χ0v) is 21.1. The lowest BCUT2D eigenvalue weighted by Gasteiger charge is -2.14. The fourth-order valence-electron chi connectivity index (χ4n) is 3.92. The number of esters is 2. The minimum atomic E-state index is -0.0285.